The van der Waals surface area contributed by atoms with Crippen LogP contribution in [0.2, 0.25) is 0 Å². The van der Waals surface area contributed by atoms with Gasteiger partial charge in [-0.25, -0.2) is 14.1 Å². The topological polar surface area (TPSA) is 73.8 Å². The molecule has 0 bridgehead atoms. The molecule has 0 spiro atoms. The molecule has 0 radical (unpaired) electrons. The molecule has 0 fully saturated rings. The molecule has 0 unspecified atom stereocenters. The largest absolute Gasteiger partial charge is 0.475 e. The summed E-state index contributed by atoms with van der Waals surface area (Å²) in [5.74, 6) is -0.935. The second-order valence-electron chi connectivity index (χ2n) is 6.63. The molecule has 2 aromatic carbocycles. The van der Waals surface area contributed by atoms with Gasteiger partial charge in [0.15, 0.2) is 0 Å². The van der Waals surface area contributed by atoms with Gasteiger partial charge in [0.1, 0.15) is 11.6 Å². The van der Waals surface area contributed by atoms with E-state index in [0.717, 1.165) is 39.1 Å². The number of carboxylic acid groups (broad SMARTS) is 1. The zero-order valence-corrected chi connectivity index (χ0v) is 16.8. The Morgan fingerprint density at radius 2 is 1.93 bits per heavy atom. The molecule has 0 atom stereocenters. The molecule has 0 amide bonds. The molecule has 4 rings (SSSR count). The normalized spacial score (nSPS) is 11.3. The summed E-state index contributed by atoms with van der Waals surface area (Å²) in [4.78, 5) is 16.6. The van der Waals surface area contributed by atoms with Crippen LogP contribution in [0.15, 0.2) is 70.0 Å². The highest BCUT2D eigenvalue weighted by atomic mass is 32.2. The summed E-state index contributed by atoms with van der Waals surface area (Å²) < 4.78 is 25.8. The van der Waals surface area contributed by atoms with Crippen LogP contribution in [-0.4, -0.2) is 22.8 Å². The lowest BCUT2D eigenvalue weighted by Crippen LogP contribution is -2.05. The van der Waals surface area contributed by atoms with Crippen molar-refractivity contribution in [1.82, 2.24) is 4.57 Å². The van der Waals surface area contributed by atoms with Crippen molar-refractivity contribution >= 4 is 28.9 Å². The summed E-state index contributed by atoms with van der Waals surface area (Å²) in [6, 6.07) is 17.4. The van der Waals surface area contributed by atoms with Crippen LogP contribution in [0.3, 0.4) is 0 Å². The SMILES string of the molecule is COOSc1ccc2c(c1)cc(Cc1ccc(C(=O)O)o1)n2Cc1ccc(F)cc1. The molecule has 2 heterocycles. The van der Waals surface area contributed by atoms with Crippen molar-refractivity contribution in [2.24, 2.45) is 0 Å². The number of hydrogen-bond acceptors (Lipinski definition) is 5. The van der Waals surface area contributed by atoms with Crippen molar-refractivity contribution in [3.63, 3.8) is 0 Å². The minimum atomic E-state index is -1.10. The second-order valence-corrected chi connectivity index (χ2v) is 7.41. The van der Waals surface area contributed by atoms with Crippen LogP contribution >= 0.6 is 12.0 Å². The maximum Gasteiger partial charge on any atom is 0.371 e. The Kier molecular flexibility index (Phi) is 5.89. The Bertz CT molecular complexity index is 1180. The number of benzene rings is 2. The number of nitrogens with zero attached hydrogens (tertiary/aromatic N) is 1. The number of aromatic carboxylic acids is 1. The van der Waals surface area contributed by atoms with Crippen LogP contribution in [0.1, 0.15) is 27.6 Å². The van der Waals surface area contributed by atoms with E-state index in [9.17, 15) is 9.18 Å². The van der Waals surface area contributed by atoms with E-state index in [1.54, 1.807) is 18.2 Å². The minimum Gasteiger partial charge on any atom is -0.475 e. The molecular formula is C22H18FNO5S. The number of rotatable bonds is 8. The van der Waals surface area contributed by atoms with Crippen LogP contribution in [0, 0.1) is 5.82 Å². The maximum absolute atomic E-state index is 13.3. The fourth-order valence-corrected chi connectivity index (χ4v) is 3.75. The van der Waals surface area contributed by atoms with E-state index >= 15 is 0 Å². The first-order chi connectivity index (χ1) is 14.5. The fourth-order valence-electron chi connectivity index (χ4n) is 3.30. The highest BCUT2D eigenvalue weighted by Crippen LogP contribution is 2.29. The highest BCUT2D eigenvalue weighted by Gasteiger charge is 2.15. The predicted octanol–water partition coefficient (Wildman–Crippen LogP) is 5.30. The van der Waals surface area contributed by atoms with Gasteiger partial charge in [-0.15, -0.1) is 0 Å². The van der Waals surface area contributed by atoms with Gasteiger partial charge in [0, 0.05) is 34.5 Å². The molecule has 154 valence electrons. The molecule has 1 N–H and O–H groups in total. The lowest BCUT2D eigenvalue weighted by atomic mass is 10.2. The molecular weight excluding hydrogens is 409 g/mol. The van der Waals surface area contributed by atoms with Gasteiger partial charge in [0.2, 0.25) is 5.76 Å². The molecule has 8 heteroatoms. The summed E-state index contributed by atoms with van der Waals surface area (Å²) in [6.45, 7) is 0.534. The Morgan fingerprint density at radius 3 is 2.63 bits per heavy atom. The predicted molar refractivity (Wildman–Crippen MR) is 110 cm³/mol. The summed E-state index contributed by atoms with van der Waals surface area (Å²) in [5.41, 5.74) is 2.87. The van der Waals surface area contributed by atoms with Gasteiger partial charge in [-0.3, -0.25) is 0 Å². The first kappa shape index (κ1) is 20.2. The van der Waals surface area contributed by atoms with Crippen LogP contribution in [0.25, 0.3) is 10.9 Å². The van der Waals surface area contributed by atoms with E-state index < -0.39 is 5.97 Å². The summed E-state index contributed by atoms with van der Waals surface area (Å²) in [7, 11) is 1.44. The quantitative estimate of drug-likeness (QED) is 0.234. The van der Waals surface area contributed by atoms with Crippen LogP contribution in [0.5, 0.6) is 0 Å². The summed E-state index contributed by atoms with van der Waals surface area (Å²) >= 11 is 1.11. The van der Waals surface area contributed by atoms with Gasteiger partial charge < -0.3 is 14.1 Å². The van der Waals surface area contributed by atoms with Gasteiger partial charge in [0.25, 0.3) is 0 Å². The Balaban J connectivity index is 1.72. The number of aromatic nitrogens is 1. The van der Waals surface area contributed by atoms with E-state index in [4.69, 9.17) is 13.9 Å². The van der Waals surface area contributed by atoms with Gasteiger partial charge in [-0.1, -0.05) is 12.1 Å². The second kappa shape index (κ2) is 8.74. The molecule has 4 aromatic rings. The third-order valence-electron chi connectivity index (χ3n) is 4.64. The lowest BCUT2D eigenvalue weighted by molar-refractivity contribution is -0.160. The minimum absolute atomic E-state index is 0.0957. The Hall–Kier alpha value is -3.07. The van der Waals surface area contributed by atoms with Crippen molar-refractivity contribution < 1.29 is 27.9 Å². The number of hydrogen-bond donors (Lipinski definition) is 1. The van der Waals surface area contributed by atoms with Crippen molar-refractivity contribution in [1.29, 1.82) is 0 Å². The molecule has 0 saturated heterocycles. The van der Waals surface area contributed by atoms with E-state index in [1.807, 2.05) is 24.3 Å². The van der Waals surface area contributed by atoms with Crippen LogP contribution in [0.4, 0.5) is 4.39 Å². The van der Waals surface area contributed by atoms with E-state index in [1.165, 1.54) is 25.3 Å². The molecule has 6 nitrogen and oxygen atoms in total. The van der Waals surface area contributed by atoms with E-state index in [0.29, 0.717) is 18.7 Å². The monoisotopic (exact) mass is 427 g/mol. The van der Waals surface area contributed by atoms with Gasteiger partial charge in [0.05, 0.1) is 19.2 Å². The highest BCUT2D eigenvalue weighted by molar-refractivity contribution is 7.94. The molecule has 30 heavy (non-hydrogen) atoms. The third kappa shape index (κ3) is 4.40. The van der Waals surface area contributed by atoms with Crippen molar-refractivity contribution in [3.05, 3.63) is 89.3 Å². The Labute approximate surface area is 176 Å². The van der Waals surface area contributed by atoms with Gasteiger partial charge in [-0.05, 0) is 54.1 Å². The van der Waals surface area contributed by atoms with Crippen LogP contribution in [-0.2, 0) is 22.2 Å². The summed E-state index contributed by atoms with van der Waals surface area (Å²) in [6.07, 6.45) is 0.417. The molecule has 0 saturated carbocycles. The van der Waals surface area contributed by atoms with Crippen molar-refractivity contribution in [2.75, 3.05) is 7.11 Å². The zero-order valence-electron chi connectivity index (χ0n) is 16.0. The Morgan fingerprint density at radius 1 is 1.13 bits per heavy atom. The van der Waals surface area contributed by atoms with E-state index in [-0.39, 0.29) is 11.6 Å². The van der Waals surface area contributed by atoms with E-state index in [2.05, 4.69) is 9.45 Å². The third-order valence-corrected chi connectivity index (χ3v) is 5.29. The zero-order chi connectivity index (χ0) is 21.1. The lowest BCUT2D eigenvalue weighted by Gasteiger charge is -2.11. The molecule has 2 aromatic heterocycles. The number of halogens is 1. The van der Waals surface area contributed by atoms with Gasteiger partial charge >= 0.3 is 5.97 Å². The maximum atomic E-state index is 13.3. The van der Waals surface area contributed by atoms with Crippen molar-refractivity contribution in [2.45, 2.75) is 17.9 Å². The smallest absolute Gasteiger partial charge is 0.371 e. The molecule has 0 aliphatic rings. The number of carboxylic acids is 1. The first-order valence-electron chi connectivity index (χ1n) is 9.09. The summed E-state index contributed by atoms with van der Waals surface area (Å²) in [5, 5.41) is 10.1. The van der Waals surface area contributed by atoms with Crippen molar-refractivity contribution in [3.8, 4) is 0 Å². The fraction of sp³-hybridized carbons (Fsp3) is 0.136. The van der Waals surface area contributed by atoms with Gasteiger partial charge in [-0.2, -0.15) is 4.33 Å². The first-order valence-corrected chi connectivity index (χ1v) is 9.83. The average molecular weight is 427 g/mol. The molecule has 0 aliphatic heterocycles. The number of furan rings is 1. The molecule has 0 aliphatic carbocycles. The van der Waals surface area contributed by atoms with Crippen LogP contribution < -0.4 is 0 Å². The standard InChI is InChI=1S/C22H18FNO5S/c1-27-29-30-19-7-8-20-15(11-19)10-17(12-18-6-9-21(28-18)22(25)26)24(20)13-14-2-4-16(23)5-3-14/h2-11H,12-13H2,1H3,(H,25,26). The average Bonchev–Trinajstić information content (AvgIpc) is 3.33. The number of fused-ring (bicyclic) bond motifs is 1. The number of carbonyl (C=O) groups is 1.